The summed E-state index contributed by atoms with van der Waals surface area (Å²) < 4.78 is 41.5. The van der Waals surface area contributed by atoms with Crippen LogP contribution in [0.3, 0.4) is 0 Å². The molecule has 0 aliphatic rings. The minimum Gasteiger partial charge on any atom is -0.405 e. The van der Waals surface area contributed by atoms with E-state index in [2.05, 4.69) is 4.74 Å². The van der Waals surface area contributed by atoms with Gasteiger partial charge in [-0.2, -0.15) is 0 Å². The first-order valence-corrected chi connectivity index (χ1v) is 6.00. The molecule has 106 valence electrons. The van der Waals surface area contributed by atoms with Crippen molar-refractivity contribution in [3.05, 3.63) is 47.5 Å². The number of aryl methyl sites for hydroxylation is 2. The highest BCUT2D eigenvalue weighted by molar-refractivity contribution is 5.77. The molecule has 0 aromatic heterocycles. The van der Waals surface area contributed by atoms with Gasteiger partial charge >= 0.3 is 6.36 Å². The van der Waals surface area contributed by atoms with Gasteiger partial charge in [-0.1, -0.05) is 18.2 Å². The molecule has 0 radical (unpaired) electrons. The Morgan fingerprint density at radius 1 is 1.00 bits per heavy atom. The van der Waals surface area contributed by atoms with Gasteiger partial charge < -0.3 is 10.5 Å². The monoisotopic (exact) mass is 281 g/mol. The molecule has 0 heterocycles. The fourth-order valence-corrected chi connectivity index (χ4v) is 2.31. The molecule has 2 nitrogen and oxygen atoms in total. The van der Waals surface area contributed by atoms with Crippen LogP contribution in [0.4, 0.5) is 18.9 Å². The van der Waals surface area contributed by atoms with Crippen molar-refractivity contribution in [3.63, 3.8) is 0 Å². The highest BCUT2D eigenvalue weighted by Gasteiger charge is 2.32. The molecule has 2 N–H and O–H groups in total. The third-order valence-corrected chi connectivity index (χ3v) is 2.94. The van der Waals surface area contributed by atoms with E-state index in [1.165, 1.54) is 12.1 Å². The number of hydrogen-bond acceptors (Lipinski definition) is 2. The maximum atomic E-state index is 12.5. The van der Waals surface area contributed by atoms with E-state index in [9.17, 15) is 13.2 Å². The fourth-order valence-electron chi connectivity index (χ4n) is 2.31. The lowest BCUT2D eigenvalue weighted by Crippen LogP contribution is -2.17. The summed E-state index contributed by atoms with van der Waals surface area (Å²) in [5.74, 6) is -0.212. The van der Waals surface area contributed by atoms with E-state index in [-0.39, 0.29) is 5.75 Å². The van der Waals surface area contributed by atoms with Gasteiger partial charge in [0.15, 0.2) is 0 Å². The van der Waals surface area contributed by atoms with Crippen molar-refractivity contribution in [3.8, 4) is 16.9 Å². The Bertz CT molecular complexity index is 612. The zero-order valence-electron chi connectivity index (χ0n) is 11.1. The summed E-state index contributed by atoms with van der Waals surface area (Å²) in [4.78, 5) is 0. The second-order valence-electron chi connectivity index (χ2n) is 4.57. The molecule has 0 fully saturated rings. The van der Waals surface area contributed by atoms with E-state index in [0.717, 1.165) is 11.1 Å². The second-order valence-corrected chi connectivity index (χ2v) is 4.57. The van der Waals surface area contributed by atoms with Gasteiger partial charge in [0.1, 0.15) is 5.75 Å². The summed E-state index contributed by atoms with van der Waals surface area (Å²) in [6, 6.07) is 9.55. The smallest absolute Gasteiger partial charge is 0.405 e. The molecular formula is C15H14F3NO. The van der Waals surface area contributed by atoms with Gasteiger partial charge in [0.2, 0.25) is 0 Å². The molecule has 0 aliphatic carbocycles. The molecule has 0 bridgehead atoms. The zero-order valence-corrected chi connectivity index (χ0v) is 11.1. The quantitative estimate of drug-likeness (QED) is 0.825. The minimum absolute atomic E-state index is 0.212. The van der Waals surface area contributed by atoms with E-state index in [1.807, 2.05) is 13.8 Å². The lowest BCUT2D eigenvalue weighted by atomic mass is 9.94. The first kappa shape index (κ1) is 14.2. The van der Waals surface area contributed by atoms with Gasteiger partial charge in [0.25, 0.3) is 0 Å². The Labute approximate surface area is 115 Å². The van der Waals surface area contributed by atoms with Crippen LogP contribution in [0.2, 0.25) is 0 Å². The summed E-state index contributed by atoms with van der Waals surface area (Å²) in [7, 11) is 0. The number of benzene rings is 2. The Hall–Kier alpha value is -2.17. The Morgan fingerprint density at radius 3 is 2.10 bits per heavy atom. The predicted molar refractivity (Wildman–Crippen MR) is 72.4 cm³/mol. The van der Waals surface area contributed by atoms with Crippen molar-refractivity contribution in [2.24, 2.45) is 0 Å². The van der Waals surface area contributed by atoms with Crippen LogP contribution in [0.15, 0.2) is 36.4 Å². The van der Waals surface area contributed by atoms with Crippen LogP contribution in [-0.4, -0.2) is 6.36 Å². The van der Waals surface area contributed by atoms with Crippen molar-refractivity contribution in [1.82, 2.24) is 0 Å². The Morgan fingerprint density at radius 2 is 1.55 bits per heavy atom. The number of para-hydroxylation sites is 1. The van der Waals surface area contributed by atoms with Gasteiger partial charge in [0, 0.05) is 11.3 Å². The lowest BCUT2D eigenvalue weighted by molar-refractivity contribution is -0.274. The maximum Gasteiger partial charge on any atom is 0.573 e. The molecule has 0 amide bonds. The molecule has 0 saturated heterocycles. The number of halogens is 3. The van der Waals surface area contributed by atoms with Crippen LogP contribution >= 0.6 is 0 Å². The van der Waals surface area contributed by atoms with E-state index in [4.69, 9.17) is 5.73 Å². The Kier molecular flexibility index (Phi) is 3.61. The molecule has 5 heteroatoms. The van der Waals surface area contributed by atoms with E-state index < -0.39 is 6.36 Å². The molecule has 0 aliphatic heterocycles. The van der Waals surface area contributed by atoms with Crippen LogP contribution in [-0.2, 0) is 0 Å². The topological polar surface area (TPSA) is 35.2 Å². The van der Waals surface area contributed by atoms with Crippen LogP contribution in [0.5, 0.6) is 5.75 Å². The largest absolute Gasteiger partial charge is 0.573 e. The SMILES string of the molecule is Cc1cc(N)cc(C)c1-c1ccccc1OC(F)(F)F. The van der Waals surface area contributed by atoms with Gasteiger partial charge in [0.05, 0.1) is 0 Å². The fraction of sp³-hybridized carbons (Fsp3) is 0.200. The van der Waals surface area contributed by atoms with Crippen molar-refractivity contribution in [2.75, 3.05) is 5.73 Å². The van der Waals surface area contributed by atoms with Crippen molar-refractivity contribution in [2.45, 2.75) is 20.2 Å². The normalized spacial score (nSPS) is 11.4. The third-order valence-electron chi connectivity index (χ3n) is 2.94. The summed E-state index contributed by atoms with van der Waals surface area (Å²) in [6.07, 6.45) is -4.72. The molecule has 0 spiro atoms. The molecule has 0 saturated carbocycles. The zero-order chi connectivity index (χ0) is 14.9. The molecular weight excluding hydrogens is 267 g/mol. The van der Waals surface area contributed by atoms with Crippen LogP contribution in [0.1, 0.15) is 11.1 Å². The van der Waals surface area contributed by atoms with Crippen LogP contribution < -0.4 is 10.5 Å². The third kappa shape index (κ3) is 3.04. The van der Waals surface area contributed by atoms with Gasteiger partial charge in [-0.15, -0.1) is 13.2 Å². The summed E-state index contributed by atoms with van der Waals surface area (Å²) in [5, 5.41) is 0. The van der Waals surface area contributed by atoms with Gasteiger partial charge in [-0.25, -0.2) is 0 Å². The standard InChI is InChI=1S/C15H14F3NO/c1-9-7-11(19)8-10(2)14(9)12-5-3-4-6-13(12)20-15(16,17)18/h3-8H,19H2,1-2H3. The molecule has 2 aromatic rings. The maximum absolute atomic E-state index is 12.5. The highest BCUT2D eigenvalue weighted by Crippen LogP contribution is 2.37. The first-order valence-electron chi connectivity index (χ1n) is 6.00. The van der Waals surface area contributed by atoms with E-state index >= 15 is 0 Å². The lowest BCUT2D eigenvalue weighted by Gasteiger charge is -2.17. The number of rotatable bonds is 2. The van der Waals surface area contributed by atoms with Crippen molar-refractivity contribution < 1.29 is 17.9 Å². The summed E-state index contributed by atoms with van der Waals surface area (Å²) in [6.45, 7) is 3.62. The van der Waals surface area contributed by atoms with E-state index in [0.29, 0.717) is 16.8 Å². The molecule has 0 atom stereocenters. The number of anilines is 1. The predicted octanol–water partition coefficient (Wildman–Crippen LogP) is 4.45. The highest BCUT2D eigenvalue weighted by atomic mass is 19.4. The minimum atomic E-state index is -4.72. The van der Waals surface area contributed by atoms with Gasteiger partial charge in [-0.05, 0) is 48.7 Å². The van der Waals surface area contributed by atoms with Crippen LogP contribution in [0.25, 0.3) is 11.1 Å². The molecule has 0 unspecified atom stereocenters. The van der Waals surface area contributed by atoms with Crippen molar-refractivity contribution in [1.29, 1.82) is 0 Å². The average Bonchev–Trinajstić information content (AvgIpc) is 2.28. The first-order chi connectivity index (χ1) is 9.28. The molecule has 2 aromatic carbocycles. The Balaban J connectivity index is 2.59. The van der Waals surface area contributed by atoms with Gasteiger partial charge in [-0.3, -0.25) is 0 Å². The number of nitrogen functional groups attached to an aromatic ring is 1. The summed E-state index contributed by atoms with van der Waals surface area (Å²) >= 11 is 0. The molecule has 2 rings (SSSR count). The van der Waals surface area contributed by atoms with Crippen LogP contribution in [0, 0.1) is 13.8 Å². The number of ether oxygens (including phenoxy) is 1. The van der Waals surface area contributed by atoms with E-state index in [1.54, 1.807) is 24.3 Å². The average molecular weight is 281 g/mol. The van der Waals surface area contributed by atoms with Crippen molar-refractivity contribution >= 4 is 5.69 Å². The second kappa shape index (κ2) is 5.07. The number of hydrogen-bond donors (Lipinski definition) is 1. The number of nitrogens with two attached hydrogens (primary N) is 1. The molecule has 20 heavy (non-hydrogen) atoms. The number of alkyl halides is 3. The summed E-state index contributed by atoms with van der Waals surface area (Å²) in [5.41, 5.74) is 9.04.